The standard InChI is InChI=1S/C16H21N3OS/c1-11-4-5-12(2)15(6-11)16-8-19(13(3)9-20-16)7-14-10-21-18-17-14/h4-6,10,13,16H,7-9H2,1-3H3/t13-,16+/m1/s1. The molecule has 21 heavy (non-hydrogen) atoms. The first-order valence-corrected chi connectivity index (χ1v) is 8.16. The van der Waals surface area contributed by atoms with E-state index in [4.69, 9.17) is 4.74 Å². The van der Waals surface area contributed by atoms with Crippen LogP contribution < -0.4 is 0 Å². The average molecular weight is 303 g/mol. The van der Waals surface area contributed by atoms with Crippen LogP contribution >= 0.6 is 11.5 Å². The molecule has 0 N–H and O–H groups in total. The van der Waals surface area contributed by atoms with Gasteiger partial charge in [0.2, 0.25) is 0 Å². The van der Waals surface area contributed by atoms with Crippen LogP contribution in [-0.4, -0.2) is 33.7 Å². The molecule has 2 heterocycles. The third-order valence-corrected chi connectivity index (χ3v) is 4.67. The largest absolute Gasteiger partial charge is 0.371 e. The summed E-state index contributed by atoms with van der Waals surface area (Å²) in [5.41, 5.74) is 4.94. The Kier molecular flexibility index (Phi) is 4.33. The quantitative estimate of drug-likeness (QED) is 0.873. The Labute approximate surface area is 129 Å². The molecule has 2 atom stereocenters. The molecule has 0 saturated carbocycles. The van der Waals surface area contributed by atoms with E-state index in [1.807, 2.05) is 5.38 Å². The van der Waals surface area contributed by atoms with E-state index in [0.29, 0.717) is 6.04 Å². The van der Waals surface area contributed by atoms with Crippen LogP contribution in [0.3, 0.4) is 0 Å². The number of ether oxygens (including phenoxy) is 1. The molecule has 0 bridgehead atoms. The van der Waals surface area contributed by atoms with Gasteiger partial charge in [0.05, 0.1) is 18.4 Å². The zero-order valence-corrected chi connectivity index (χ0v) is 13.6. The molecule has 3 rings (SSSR count). The number of hydrogen-bond donors (Lipinski definition) is 0. The van der Waals surface area contributed by atoms with Crippen molar-refractivity contribution in [3.05, 3.63) is 46.0 Å². The zero-order chi connectivity index (χ0) is 14.8. The number of rotatable bonds is 3. The van der Waals surface area contributed by atoms with Crippen molar-refractivity contribution in [1.82, 2.24) is 14.5 Å². The number of aryl methyl sites for hydroxylation is 2. The van der Waals surface area contributed by atoms with Crippen molar-refractivity contribution >= 4 is 11.5 Å². The Morgan fingerprint density at radius 2 is 2.24 bits per heavy atom. The van der Waals surface area contributed by atoms with Crippen LogP contribution in [0.15, 0.2) is 23.6 Å². The Morgan fingerprint density at radius 3 is 3.00 bits per heavy atom. The first kappa shape index (κ1) is 14.6. The minimum absolute atomic E-state index is 0.146. The van der Waals surface area contributed by atoms with Crippen LogP contribution in [0.25, 0.3) is 0 Å². The summed E-state index contributed by atoms with van der Waals surface area (Å²) in [6.45, 7) is 9.01. The van der Waals surface area contributed by atoms with Crippen molar-refractivity contribution in [2.45, 2.75) is 39.5 Å². The maximum atomic E-state index is 6.09. The van der Waals surface area contributed by atoms with E-state index in [9.17, 15) is 0 Å². The predicted octanol–water partition coefficient (Wildman–Crippen LogP) is 3.12. The lowest BCUT2D eigenvalue weighted by Gasteiger charge is -2.38. The van der Waals surface area contributed by atoms with Crippen molar-refractivity contribution in [3.63, 3.8) is 0 Å². The fourth-order valence-corrected chi connectivity index (χ4v) is 3.23. The van der Waals surface area contributed by atoms with Crippen molar-refractivity contribution in [2.75, 3.05) is 13.2 Å². The molecule has 0 aliphatic carbocycles. The van der Waals surface area contributed by atoms with E-state index in [-0.39, 0.29) is 6.10 Å². The smallest absolute Gasteiger partial charge is 0.0955 e. The highest BCUT2D eigenvalue weighted by Crippen LogP contribution is 2.28. The van der Waals surface area contributed by atoms with Gasteiger partial charge in [0.1, 0.15) is 0 Å². The second-order valence-electron chi connectivity index (χ2n) is 5.86. The maximum absolute atomic E-state index is 6.09. The molecule has 0 spiro atoms. The molecule has 5 heteroatoms. The maximum Gasteiger partial charge on any atom is 0.0955 e. The molecule has 1 aliphatic heterocycles. The second kappa shape index (κ2) is 6.22. The number of hydrogen-bond acceptors (Lipinski definition) is 5. The highest BCUT2D eigenvalue weighted by Gasteiger charge is 2.28. The molecule has 1 aromatic heterocycles. The van der Waals surface area contributed by atoms with E-state index in [1.54, 1.807) is 0 Å². The molecule has 0 unspecified atom stereocenters. The summed E-state index contributed by atoms with van der Waals surface area (Å²) in [7, 11) is 0. The minimum Gasteiger partial charge on any atom is -0.371 e. The van der Waals surface area contributed by atoms with E-state index < -0.39 is 0 Å². The molecule has 1 saturated heterocycles. The Hall–Kier alpha value is -1.30. The lowest BCUT2D eigenvalue weighted by atomic mass is 9.99. The summed E-state index contributed by atoms with van der Waals surface area (Å²) in [4.78, 5) is 2.44. The van der Waals surface area contributed by atoms with Gasteiger partial charge in [-0.1, -0.05) is 28.3 Å². The van der Waals surface area contributed by atoms with Crippen molar-refractivity contribution < 1.29 is 4.74 Å². The third-order valence-electron chi connectivity index (χ3n) is 4.11. The van der Waals surface area contributed by atoms with Crippen LogP contribution in [-0.2, 0) is 11.3 Å². The van der Waals surface area contributed by atoms with Gasteiger partial charge in [-0.3, -0.25) is 4.90 Å². The number of benzene rings is 1. The first-order chi connectivity index (χ1) is 10.1. The monoisotopic (exact) mass is 303 g/mol. The van der Waals surface area contributed by atoms with Crippen molar-refractivity contribution in [2.24, 2.45) is 0 Å². The van der Waals surface area contributed by atoms with Gasteiger partial charge in [0, 0.05) is 24.5 Å². The number of morpholine rings is 1. The van der Waals surface area contributed by atoms with Crippen LogP contribution in [0.1, 0.15) is 35.4 Å². The third kappa shape index (κ3) is 3.31. The Balaban J connectivity index is 1.77. The van der Waals surface area contributed by atoms with Crippen molar-refractivity contribution in [1.29, 1.82) is 0 Å². The van der Waals surface area contributed by atoms with Gasteiger partial charge in [-0.25, -0.2) is 0 Å². The summed E-state index contributed by atoms with van der Waals surface area (Å²) in [6.07, 6.45) is 0.146. The lowest BCUT2D eigenvalue weighted by Crippen LogP contribution is -2.44. The molecular weight excluding hydrogens is 282 g/mol. The van der Waals surface area contributed by atoms with Gasteiger partial charge in [-0.15, -0.1) is 5.10 Å². The summed E-state index contributed by atoms with van der Waals surface area (Å²) in [6, 6.07) is 7.00. The Bertz CT molecular complexity index is 600. The van der Waals surface area contributed by atoms with Crippen LogP contribution in [0.4, 0.5) is 0 Å². The van der Waals surface area contributed by atoms with Gasteiger partial charge in [-0.05, 0) is 43.4 Å². The van der Waals surface area contributed by atoms with Crippen molar-refractivity contribution in [3.8, 4) is 0 Å². The van der Waals surface area contributed by atoms with E-state index >= 15 is 0 Å². The fraction of sp³-hybridized carbons (Fsp3) is 0.500. The lowest BCUT2D eigenvalue weighted by molar-refractivity contribution is -0.0639. The molecule has 0 amide bonds. The summed E-state index contributed by atoms with van der Waals surface area (Å²) in [5.74, 6) is 0. The Morgan fingerprint density at radius 1 is 1.38 bits per heavy atom. The summed E-state index contributed by atoms with van der Waals surface area (Å²) in [5, 5.41) is 6.18. The summed E-state index contributed by atoms with van der Waals surface area (Å²) < 4.78 is 10.0. The van der Waals surface area contributed by atoms with E-state index in [1.165, 1.54) is 28.2 Å². The molecule has 1 aromatic carbocycles. The molecule has 1 fully saturated rings. The van der Waals surface area contributed by atoms with Gasteiger partial charge in [0.25, 0.3) is 0 Å². The van der Waals surface area contributed by atoms with Gasteiger partial charge in [0.15, 0.2) is 0 Å². The second-order valence-corrected chi connectivity index (χ2v) is 6.47. The van der Waals surface area contributed by atoms with Crippen LogP contribution in [0.2, 0.25) is 0 Å². The highest BCUT2D eigenvalue weighted by atomic mass is 32.1. The molecule has 2 aromatic rings. The minimum atomic E-state index is 0.146. The van der Waals surface area contributed by atoms with E-state index in [2.05, 4.69) is 53.5 Å². The fourth-order valence-electron chi connectivity index (χ4n) is 2.78. The van der Waals surface area contributed by atoms with Gasteiger partial charge >= 0.3 is 0 Å². The normalized spacial score (nSPS) is 23.4. The predicted molar refractivity (Wildman–Crippen MR) is 84.4 cm³/mol. The first-order valence-electron chi connectivity index (χ1n) is 7.32. The molecule has 0 radical (unpaired) electrons. The molecule has 4 nitrogen and oxygen atoms in total. The zero-order valence-electron chi connectivity index (χ0n) is 12.7. The van der Waals surface area contributed by atoms with Crippen LogP contribution in [0, 0.1) is 13.8 Å². The van der Waals surface area contributed by atoms with Gasteiger partial charge < -0.3 is 4.74 Å². The number of aromatic nitrogens is 2. The molecule has 1 aliphatic rings. The highest BCUT2D eigenvalue weighted by molar-refractivity contribution is 7.03. The molecular formula is C16H21N3OS. The SMILES string of the molecule is Cc1ccc(C)c([C@@H]2CN(Cc3csnn3)[C@H](C)CO2)c1. The van der Waals surface area contributed by atoms with Crippen LogP contribution in [0.5, 0.6) is 0 Å². The van der Waals surface area contributed by atoms with Gasteiger partial charge in [-0.2, -0.15) is 0 Å². The molecule has 112 valence electrons. The summed E-state index contributed by atoms with van der Waals surface area (Å²) >= 11 is 1.41. The average Bonchev–Trinajstić information content (AvgIpc) is 2.97. The topological polar surface area (TPSA) is 38.2 Å². The van der Waals surface area contributed by atoms with E-state index in [0.717, 1.165) is 25.4 Å². The number of nitrogens with zero attached hydrogens (tertiary/aromatic N) is 3.